The zero-order valence-electron chi connectivity index (χ0n) is 13.9. The lowest BCUT2D eigenvalue weighted by atomic mass is 9.97. The van der Waals surface area contributed by atoms with Gasteiger partial charge in [0.25, 0.3) is 0 Å². The van der Waals surface area contributed by atoms with Crippen molar-refractivity contribution in [1.82, 2.24) is 4.90 Å². The lowest BCUT2D eigenvalue weighted by molar-refractivity contribution is -0.150. The van der Waals surface area contributed by atoms with Gasteiger partial charge < -0.3 is 10.1 Å². The van der Waals surface area contributed by atoms with Crippen molar-refractivity contribution in [2.45, 2.75) is 32.7 Å². The van der Waals surface area contributed by atoms with Gasteiger partial charge in [0.1, 0.15) is 11.6 Å². The van der Waals surface area contributed by atoms with Crippen molar-refractivity contribution in [2.75, 3.05) is 25.0 Å². The Labute approximate surface area is 140 Å². The van der Waals surface area contributed by atoms with E-state index in [0.29, 0.717) is 19.7 Å². The van der Waals surface area contributed by atoms with Gasteiger partial charge in [0, 0.05) is 12.6 Å². The number of amides is 1. The molecular formula is C17H22F2N2O3. The van der Waals surface area contributed by atoms with Crippen molar-refractivity contribution < 1.29 is 23.1 Å². The first-order chi connectivity index (χ1) is 11.4. The molecule has 1 aliphatic rings. The van der Waals surface area contributed by atoms with Crippen LogP contribution < -0.4 is 5.32 Å². The first-order valence-electron chi connectivity index (χ1n) is 8.09. The third kappa shape index (κ3) is 4.50. The van der Waals surface area contributed by atoms with Crippen molar-refractivity contribution in [3.8, 4) is 0 Å². The van der Waals surface area contributed by atoms with Crippen LogP contribution in [0.25, 0.3) is 0 Å². The van der Waals surface area contributed by atoms with Crippen molar-refractivity contribution in [3.63, 3.8) is 0 Å². The molecule has 0 spiro atoms. The highest BCUT2D eigenvalue weighted by atomic mass is 19.1. The molecule has 1 saturated heterocycles. The SMILES string of the molecule is CCOC(=O)C1CCCN(C(C)C(=O)Nc2cc(F)ccc2F)C1. The second kappa shape index (κ2) is 8.19. The highest BCUT2D eigenvalue weighted by Gasteiger charge is 2.31. The fraction of sp³-hybridized carbons (Fsp3) is 0.529. The summed E-state index contributed by atoms with van der Waals surface area (Å²) >= 11 is 0. The molecule has 1 aromatic rings. The summed E-state index contributed by atoms with van der Waals surface area (Å²) in [6, 6.07) is 2.33. The number of rotatable bonds is 5. The maximum atomic E-state index is 13.6. The molecule has 1 aliphatic heterocycles. The lowest BCUT2D eigenvalue weighted by Gasteiger charge is -2.35. The van der Waals surface area contributed by atoms with E-state index in [1.54, 1.807) is 13.8 Å². The molecule has 0 aliphatic carbocycles. The van der Waals surface area contributed by atoms with E-state index < -0.39 is 23.6 Å². The highest BCUT2D eigenvalue weighted by molar-refractivity contribution is 5.94. The molecule has 1 fully saturated rings. The summed E-state index contributed by atoms with van der Waals surface area (Å²) in [7, 11) is 0. The number of piperidine rings is 1. The van der Waals surface area contributed by atoms with Crippen molar-refractivity contribution >= 4 is 17.6 Å². The Hall–Kier alpha value is -2.02. The van der Waals surface area contributed by atoms with Gasteiger partial charge >= 0.3 is 5.97 Å². The van der Waals surface area contributed by atoms with Gasteiger partial charge in [0.05, 0.1) is 24.3 Å². The number of hydrogen-bond acceptors (Lipinski definition) is 4. The third-order valence-corrected chi connectivity index (χ3v) is 4.19. The fourth-order valence-electron chi connectivity index (χ4n) is 2.81. The van der Waals surface area contributed by atoms with E-state index in [1.807, 2.05) is 4.90 Å². The molecule has 1 amide bonds. The summed E-state index contributed by atoms with van der Waals surface area (Å²) in [5, 5.41) is 2.41. The molecule has 2 rings (SSSR count). The molecule has 5 nitrogen and oxygen atoms in total. The van der Waals surface area contributed by atoms with E-state index in [0.717, 1.165) is 31.0 Å². The highest BCUT2D eigenvalue weighted by Crippen LogP contribution is 2.21. The van der Waals surface area contributed by atoms with Gasteiger partial charge in [-0.05, 0) is 45.4 Å². The molecule has 0 radical (unpaired) electrons. The number of anilines is 1. The van der Waals surface area contributed by atoms with Crippen LogP contribution in [-0.2, 0) is 14.3 Å². The van der Waals surface area contributed by atoms with Crippen LogP contribution in [0.3, 0.4) is 0 Å². The van der Waals surface area contributed by atoms with E-state index in [4.69, 9.17) is 4.74 Å². The minimum absolute atomic E-state index is 0.189. The molecule has 1 aromatic carbocycles. The van der Waals surface area contributed by atoms with Crippen LogP contribution in [0.5, 0.6) is 0 Å². The molecule has 1 N–H and O–H groups in total. The average molecular weight is 340 g/mol. The summed E-state index contributed by atoms with van der Waals surface area (Å²) in [5.74, 6) is -2.28. The van der Waals surface area contributed by atoms with Crippen molar-refractivity contribution in [2.24, 2.45) is 5.92 Å². The number of halogens is 2. The van der Waals surface area contributed by atoms with Crippen molar-refractivity contribution in [1.29, 1.82) is 0 Å². The van der Waals surface area contributed by atoms with Crippen LogP contribution in [0.15, 0.2) is 18.2 Å². The number of nitrogens with zero attached hydrogens (tertiary/aromatic N) is 1. The maximum absolute atomic E-state index is 13.6. The van der Waals surface area contributed by atoms with Crippen LogP contribution in [-0.4, -0.2) is 42.5 Å². The van der Waals surface area contributed by atoms with E-state index in [1.165, 1.54) is 0 Å². The van der Waals surface area contributed by atoms with E-state index in [2.05, 4.69) is 5.32 Å². The summed E-state index contributed by atoms with van der Waals surface area (Å²) in [6.07, 6.45) is 1.50. The molecular weight excluding hydrogens is 318 g/mol. The van der Waals surface area contributed by atoms with Crippen LogP contribution in [0.4, 0.5) is 14.5 Å². The quantitative estimate of drug-likeness (QED) is 0.837. The monoisotopic (exact) mass is 340 g/mol. The molecule has 2 unspecified atom stereocenters. The lowest BCUT2D eigenvalue weighted by Crippen LogP contribution is -2.48. The van der Waals surface area contributed by atoms with E-state index in [-0.39, 0.29) is 17.6 Å². The van der Waals surface area contributed by atoms with Gasteiger partial charge in [-0.2, -0.15) is 0 Å². The fourth-order valence-corrected chi connectivity index (χ4v) is 2.81. The number of ether oxygens (including phenoxy) is 1. The molecule has 7 heteroatoms. The number of esters is 1. The van der Waals surface area contributed by atoms with Crippen molar-refractivity contribution in [3.05, 3.63) is 29.8 Å². The zero-order valence-corrected chi connectivity index (χ0v) is 13.9. The van der Waals surface area contributed by atoms with Crippen LogP contribution in [0.2, 0.25) is 0 Å². The second-order valence-corrected chi connectivity index (χ2v) is 5.88. The smallest absolute Gasteiger partial charge is 0.310 e. The normalized spacial score (nSPS) is 19.6. The summed E-state index contributed by atoms with van der Waals surface area (Å²) in [6.45, 7) is 4.83. The topological polar surface area (TPSA) is 58.6 Å². The Bertz CT molecular complexity index is 609. The van der Waals surface area contributed by atoms with Gasteiger partial charge in [0.2, 0.25) is 5.91 Å². The van der Waals surface area contributed by atoms with Gasteiger partial charge in [-0.25, -0.2) is 8.78 Å². The molecule has 0 aromatic heterocycles. The van der Waals surface area contributed by atoms with E-state index >= 15 is 0 Å². The standard InChI is InChI=1S/C17H22F2N2O3/c1-3-24-17(23)12-5-4-8-21(10-12)11(2)16(22)20-15-9-13(18)6-7-14(15)19/h6-7,9,11-12H,3-5,8,10H2,1-2H3,(H,20,22). The Morgan fingerprint density at radius 3 is 2.88 bits per heavy atom. The molecule has 132 valence electrons. The predicted molar refractivity (Wildman–Crippen MR) is 85.4 cm³/mol. The minimum Gasteiger partial charge on any atom is -0.466 e. The Morgan fingerprint density at radius 2 is 2.17 bits per heavy atom. The summed E-state index contributed by atoms with van der Waals surface area (Å²) in [4.78, 5) is 26.0. The molecule has 0 bridgehead atoms. The largest absolute Gasteiger partial charge is 0.466 e. The van der Waals surface area contributed by atoms with Gasteiger partial charge in [-0.15, -0.1) is 0 Å². The maximum Gasteiger partial charge on any atom is 0.310 e. The number of likely N-dealkylation sites (tertiary alicyclic amines) is 1. The van der Waals surface area contributed by atoms with Crippen LogP contribution in [0.1, 0.15) is 26.7 Å². The van der Waals surface area contributed by atoms with Gasteiger partial charge in [-0.1, -0.05) is 0 Å². The summed E-state index contributed by atoms with van der Waals surface area (Å²) in [5.41, 5.74) is -0.189. The van der Waals surface area contributed by atoms with Gasteiger partial charge in [-0.3, -0.25) is 14.5 Å². The number of carbonyl (C=O) groups excluding carboxylic acids is 2. The predicted octanol–water partition coefficient (Wildman–Crippen LogP) is 2.57. The van der Waals surface area contributed by atoms with Gasteiger partial charge in [0.15, 0.2) is 0 Å². The Morgan fingerprint density at radius 1 is 1.42 bits per heavy atom. The van der Waals surface area contributed by atoms with Crippen LogP contribution >= 0.6 is 0 Å². The average Bonchev–Trinajstić information content (AvgIpc) is 2.57. The van der Waals surface area contributed by atoms with Crippen LogP contribution in [0, 0.1) is 17.6 Å². The Kier molecular flexibility index (Phi) is 6.25. The van der Waals surface area contributed by atoms with E-state index in [9.17, 15) is 18.4 Å². The molecule has 24 heavy (non-hydrogen) atoms. The number of benzene rings is 1. The minimum atomic E-state index is -0.694. The third-order valence-electron chi connectivity index (χ3n) is 4.19. The summed E-state index contributed by atoms with van der Waals surface area (Å²) < 4.78 is 31.9. The molecule has 2 atom stereocenters. The Balaban J connectivity index is 1.99. The number of nitrogens with one attached hydrogen (secondary N) is 1. The zero-order chi connectivity index (χ0) is 17.7. The first-order valence-corrected chi connectivity index (χ1v) is 8.09. The number of hydrogen-bond donors (Lipinski definition) is 1. The second-order valence-electron chi connectivity index (χ2n) is 5.88. The number of carbonyl (C=O) groups is 2. The molecule has 1 heterocycles. The molecule has 0 saturated carbocycles. The first kappa shape index (κ1) is 18.3.